The molecule has 1 aliphatic heterocycles. The summed E-state index contributed by atoms with van der Waals surface area (Å²) in [6.45, 7) is 3.36. The van der Waals surface area contributed by atoms with E-state index in [2.05, 4.69) is 29.2 Å². The largest absolute Gasteiger partial charge is 0.337 e. The van der Waals surface area contributed by atoms with Gasteiger partial charge in [-0.3, -0.25) is 9.69 Å². The van der Waals surface area contributed by atoms with Gasteiger partial charge in [0.05, 0.1) is 6.54 Å². The highest BCUT2D eigenvalue weighted by Crippen LogP contribution is 2.18. The summed E-state index contributed by atoms with van der Waals surface area (Å²) in [4.78, 5) is 17.0. The van der Waals surface area contributed by atoms with E-state index in [1.807, 2.05) is 41.3 Å². The third-order valence-corrected chi connectivity index (χ3v) is 4.83. The van der Waals surface area contributed by atoms with Gasteiger partial charge < -0.3 is 10.6 Å². The van der Waals surface area contributed by atoms with Gasteiger partial charge in [-0.15, -0.1) is 0 Å². The average molecular weight is 337 g/mol. The molecule has 0 aliphatic carbocycles. The molecule has 2 N–H and O–H groups in total. The zero-order valence-electron chi connectivity index (χ0n) is 14.7. The number of rotatable bonds is 7. The Kier molecular flexibility index (Phi) is 6.20. The Bertz CT molecular complexity index is 618. The van der Waals surface area contributed by atoms with Gasteiger partial charge in [-0.1, -0.05) is 60.7 Å². The lowest BCUT2D eigenvalue weighted by Crippen LogP contribution is -2.44. The van der Waals surface area contributed by atoms with Crippen LogP contribution in [0.3, 0.4) is 0 Å². The Morgan fingerprint density at radius 3 is 2.08 bits per heavy atom. The van der Waals surface area contributed by atoms with Crippen LogP contribution in [0.2, 0.25) is 0 Å². The van der Waals surface area contributed by atoms with Crippen molar-refractivity contribution < 1.29 is 4.79 Å². The van der Waals surface area contributed by atoms with Crippen molar-refractivity contribution >= 4 is 5.91 Å². The smallest absolute Gasteiger partial charge is 0.237 e. The Balaban J connectivity index is 1.70. The van der Waals surface area contributed by atoms with Crippen molar-refractivity contribution in [3.8, 4) is 0 Å². The Labute approximate surface area is 150 Å². The predicted octanol–water partition coefficient (Wildman–Crippen LogP) is 2.64. The Morgan fingerprint density at radius 2 is 1.56 bits per heavy atom. The van der Waals surface area contributed by atoms with Gasteiger partial charge >= 0.3 is 0 Å². The minimum Gasteiger partial charge on any atom is -0.337 e. The molecule has 25 heavy (non-hydrogen) atoms. The van der Waals surface area contributed by atoms with Crippen LogP contribution in [0.1, 0.15) is 24.0 Å². The number of hydrogen-bond donors (Lipinski definition) is 1. The fourth-order valence-electron chi connectivity index (χ4n) is 3.54. The first-order chi connectivity index (χ1) is 12.3. The molecule has 1 amide bonds. The molecule has 1 heterocycles. The van der Waals surface area contributed by atoms with Crippen molar-refractivity contribution in [2.24, 2.45) is 5.73 Å². The Morgan fingerprint density at radius 1 is 1.00 bits per heavy atom. The third-order valence-electron chi connectivity index (χ3n) is 4.83. The van der Waals surface area contributed by atoms with Crippen LogP contribution in [0.5, 0.6) is 0 Å². The molecular weight excluding hydrogens is 310 g/mol. The summed E-state index contributed by atoms with van der Waals surface area (Å²) in [6.07, 6.45) is 2.09. The molecule has 1 saturated heterocycles. The molecule has 1 fully saturated rings. The van der Waals surface area contributed by atoms with Crippen molar-refractivity contribution in [3.05, 3.63) is 71.8 Å². The highest BCUT2D eigenvalue weighted by molar-refractivity contribution is 5.79. The molecule has 132 valence electrons. The minimum absolute atomic E-state index is 0.194. The van der Waals surface area contributed by atoms with E-state index in [0.29, 0.717) is 13.1 Å². The van der Waals surface area contributed by atoms with E-state index in [0.717, 1.165) is 32.5 Å². The molecule has 4 heteroatoms. The predicted molar refractivity (Wildman–Crippen MR) is 101 cm³/mol. The molecule has 1 atom stereocenters. The third kappa shape index (κ3) is 4.91. The van der Waals surface area contributed by atoms with Crippen molar-refractivity contribution in [2.75, 3.05) is 19.6 Å². The molecule has 1 aliphatic rings. The van der Waals surface area contributed by atoms with Crippen LogP contribution < -0.4 is 5.73 Å². The molecule has 2 aromatic carbocycles. The van der Waals surface area contributed by atoms with Gasteiger partial charge in [0.1, 0.15) is 0 Å². The molecule has 0 saturated carbocycles. The van der Waals surface area contributed by atoms with E-state index < -0.39 is 0 Å². The lowest BCUT2D eigenvalue weighted by molar-refractivity contribution is -0.133. The van der Waals surface area contributed by atoms with Gasteiger partial charge in [-0.2, -0.15) is 0 Å². The number of carbonyl (C=O) groups excluding carboxylic acids is 1. The number of nitrogens with zero attached hydrogens (tertiary/aromatic N) is 2. The summed E-state index contributed by atoms with van der Waals surface area (Å²) < 4.78 is 0. The van der Waals surface area contributed by atoms with E-state index in [-0.39, 0.29) is 11.9 Å². The van der Waals surface area contributed by atoms with Gasteiger partial charge in [0.2, 0.25) is 5.91 Å². The molecular formula is C21H27N3O. The standard InChI is InChI=1S/C21H27N3O/c22-14-20-12-7-13-24(20)21(25)17-23(15-18-8-3-1-4-9-18)16-19-10-5-2-6-11-19/h1-6,8-11,20H,7,12-17,22H2. The molecule has 3 rings (SSSR count). The number of benzene rings is 2. The summed E-state index contributed by atoms with van der Waals surface area (Å²) in [5.74, 6) is 0.194. The number of amides is 1. The minimum atomic E-state index is 0.194. The van der Waals surface area contributed by atoms with Crippen LogP contribution in [0.4, 0.5) is 0 Å². The zero-order chi connectivity index (χ0) is 17.5. The van der Waals surface area contributed by atoms with Crippen LogP contribution in [0.15, 0.2) is 60.7 Å². The van der Waals surface area contributed by atoms with E-state index in [9.17, 15) is 4.79 Å². The average Bonchev–Trinajstić information content (AvgIpc) is 3.12. The molecule has 0 radical (unpaired) electrons. The van der Waals surface area contributed by atoms with Gasteiger partial charge in [0.25, 0.3) is 0 Å². The number of carbonyl (C=O) groups is 1. The van der Waals surface area contributed by atoms with Gasteiger partial charge in [-0.25, -0.2) is 0 Å². The van der Waals surface area contributed by atoms with Crippen molar-refractivity contribution in [1.82, 2.24) is 9.80 Å². The second kappa shape index (κ2) is 8.79. The number of nitrogens with two attached hydrogens (primary N) is 1. The fraction of sp³-hybridized carbons (Fsp3) is 0.381. The van der Waals surface area contributed by atoms with Crippen LogP contribution in [0, 0.1) is 0 Å². The summed E-state index contributed by atoms with van der Waals surface area (Å²) in [6, 6.07) is 20.9. The summed E-state index contributed by atoms with van der Waals surface area (Å²) in [7, 11) is 0. The summed E-state index contributed by atoms with van der Waals surface area (Å²) in [5.41, 5.74) is 8.28. The van der Waals surface area contributed by atoms with Gasteiger partial charge in [0, 0.05) is 32.2 Å². The lowest BCUT2D eigenvalue weighted by Gasteiger charge is -2.28. The van der Waals surface area contributed by atoms with E-state index in [4.69, 9.17) is 5.73 Å². The maximum atomic E-state index is 12.8. The summed E-state index contributed by atoms with van der Waals surface area (Å²) in [5, 5.41) is 0. The second-order valence-electron chi connectivity index (χ2n) is 6.74. The molecule has 0 spiro atoms. The van der Waals surface area contributed by atoms with Crippen LogP contribution in [-0.4, -0.2) is 41.4 Å². The quantitative estimate of drug-likeness (QED) is 0.845. The fourth-order valence-corrected chi connectivity index (χ4v) is 3.54. The maximum absolute atomic E-state index is 12.8. The monoisotopic (exact) mass is 337 g/mol. The molecule has 1 unspecified atom stereocenters. The molecule has 2 aromatic rings. The Hall–Kier alpha value is -2.17. The summed E-state index contributed by atoms with van der Waals surface area (Å²) >= 11 is 0. The van der Waals surface area contributed by atoms with E-state index >= 15 is 0 Å². The van der Waals surface area contributed by atoms with Crippen molar-refractivity contribution in [1.29, 1.82) is 0 Å². The molecule has 0 aromatic heterocycles. The highest BCUT2D eigenvalue weighted by atomic mass is 16.2. The van der Waals surface area contributed by atoms with Crippen molar-refractivity contribution in [2.45, 2.75) is 32.0 Å². The van der Waals surface area contributed by atoms with Crippen LogP contribution in [-0.2, 0) is 17.9 Å². The number of hydrogen-bond acceptors (Lipinski definition) is 3. The zero-order valence-corrected chi connectivity index (χ0v) is 14.7. The molecule has 4 nitrogen and oxygen atoms in total. The highest BCUT2D eigenvalue weighted by Gasteiger charge is 2.28. The first-order valence-corrected chi connectivity index (χ1v) is 9.06. The van der Waals surface area contributed by atoms with Gasteiger partial charge in [-0.05, 0) is 24.0 Å². The van der Waals surface area contributed by atoms with Crippen LogP contribution >= 0.6 is 0 Å². The second-order valence-corrected chi connectivity index (χ2v) is 6.74. The van der Waals surface area contributed by atoms with E-state index in [1.165, 1.54) is 11.1 Å². The van der Waals surface area contributed by atoms with Crippen LogP contribution in [0.25, 0.3) is 0 Å². The normalized spacial score (nSPS) is 17.2. The lowest BCUT2D eigenvalue weighted by atomic mass is 10.1. The SMILES string of the molecule is NCC1CCCN1C(=O)CN(Cc1ccccc1)Cc1ccccc1. The maximum Gasteiger partial charge on any atom is 0.237 e. The first kappa shape index (κ1) is 17.6. The van der Waals surface area contributed by atoms with Crippen molar-refractivity contribution in [3.63, 3.8) is 0 Å². The number of likely N-dealkylation sites (tertiary alicyclic amines) is 1. The molecule has 0 bridgehead atoms. The van der Waals surface area contributed by atoms with Gasteiger partial charge in [0.15, 0.2) is 0 Å². The first-order valence-electron chi connectivity index (χ1n) is 9.06. The topological polar surface area (TPSA) is 49.6 Å². The van der Waals surface area contributed by atoms with E-state index in [1.54, 1.807) is 0 Å².